The molecule has 1 spiro atoms. The van der Waals surface area contributed by atoms with E-state index in [2.05, 4.69) is 15.2 Å². The van der Waals surface area contributed by atoms with Gasteiger partial charge in [-0.25, -0.2) is 9.59 Å². The second-order valence-corrected chi connectivity index (χ2v) is 10.0. The van der Waals surface area contributed by atoms with Gasteiger partial charge in [-0.1, -0.05) is 24.3 Å². The normalized spacial score (nSPS) is 22.3. The predicted molar refractivity (Wildman–Crippen MR) is 143 cm³/mol. The van der Waals surface area contributed by atoms with Crippen LogP contribution < -0.4 is 11.1 Å². The predicted octanol–water partition coefficient (Wildman–Crippen LogP) is 4.81. The molecule has 1 saturated heterocycles. The molecule has 3 aliphatic rings. The maximum atomic E-state index is 13.6. The Morgan fingerprint density at radius 3 is 2.74 bits per heavy atom. The molecule has 9 nitrogen and oxygen atoms in total. The van der Waals surface area contributed by atoms with Crippen LogP contribution in [0.3, 0.4) is 0 Å². The summed E-state index contributed by atoms with van der Waals surface area (Å²) in [6.45, 7) is 3.21. The van der Waals surface area contributed by atoms with Crippen molar-refractivity contribution in [1.29, 1.82) is 0 Å². The summed E-state index contributed by atoms with van der Waals surface area (Å²) in [6.07, 6.45) is 7.94. The largest absolute Gasteiger partial charge is 0.438 e. The number of carbonyl (C=O) groups is 2. The SMILES string of the molecule is Cc1cc(C(=O)C2=N/C=C\CC/C(N3CCC4(CC3)OC(=O)Nc3ccccc34)=C\2)cc2oc(=O)n(C)c12. The van der Waals surface area contributed by atoms with E-state index < -0.39 is 17.5 Å². The van der Waals surface area contributed by atoms with Gasteiger partial charge in [-0.2, -0.15) is 0 Å². The Labute approximate surface area is 219 Å². The van der Waals surface area contributed by atoms with Gasteiger partial charge in [0.2, 0.25) is 5.78 Å². The van der Waals surface area contributed by atoms with Gasteiger partial charge in [0, 0.05) is 56.0 Å². The number of aromatic nitrogens is 1. The highest BCUT2D eigenvalue weighted by Crippen LogP contribution is 2.44. The number of nitrogens with one attached hydrogen (secondary N) is 1. The molecule has 0 bridgehead atoms. The van der Waals surface area contributed by atoms with E-state index in [1.165, 1.54) is 4.57 Å². The first kappa shape index (κ1) is 24.0. The van der Waals surface area contributed by atoms with E-state index in [0.29, 0.717) is 48.3 Å². The number of fused-ring (bicyclic) bond motifs is 3. The van der Waals surface area contributed by atoms with Crippen molar-refractivity contribution in [3.05, 3.63) is 87.7 Å². The van der Waals surface area contributed by atoms with E-state index in [-0.39, 0.29) is 5.78 Å². The fourth-order valence-electron chi connectivity index (χ4n) is 5.75. The van der Waals surface area contributed by atoms with E-state index in [0.717, 1.165) is 35.4 Å². The summed E-state index contributed by atoms with van der Waals surface area (Å²) in [6, 6.07) is 11.2. The number of para-hydroxylation sites is 1. The summed E-state index contributed by atoms with van der Waals surface area (Å²) >= 11 is 0. The fourth-order valence-corrected chi connectivity index (χ4v) is 5.75. The van der Waals surface area contributed by atoms with Crippen molar-refractivity contribution in [2.45, 2.75) is 38.2 Å². The molecule has 194 valence electrons. The number of allylic oxidation sites excluding steroid dienone is 3. The van der Waals surface area contributed by atoms with Crippen molar-refractivity contribution in [1.82, 2.24) is 9.47 Å². The lowest BCUT2D eigenvalue weighted by molar-refractivity contribution is -0.0324. The second-order valence-electron chi connectivity index (χ2n) is 10.0. The first-order valence-corrected chi connectivity index (χ1v) is 12.8. The quantitative estimate of drug-likeness (QED) is 0.505. The maximum Gasteiger partial charge on any atom is 0.419 e. The van der Waals surface area contributed by atoms with Gasteiger partial charge in [-0.15, -0.1) is 0 Å². The molecule has 1 amide bonds. The maximum absolute atomic E-state index is 13.6. The third kappa shape index (κ3) is 4.04. The number of benzene rings is 2. The number of rotatable bonds is 3. The van der Waals surface area contributed by atoms with Crippen LogP contribution >= 0.6 is 0 Å². The molecule has 6 rings (SSSR count). The summed E-state index contributed by atoms with van der Waals surface area (Å²) < 4.78 is 12.7. The van der Waals surface area contributed by atoms with Crippen molar-refractivity contribution in [2.75, 3.05) is 18.4 Å². The van der Waals surface area contributed by atoms with Gasteiger partial charge >= 0.3 is 11.8 Å². The molecule has 0 saturated carbocycles. The van der Waals surface area contributed by atoms with Crippen LogP contribution in [0.4, 0.5) is 10.5 Å². The lowest BCUT2D eigenvalue weighted by atomic mass is 9.82. The van der Waals surface area contributed by atoms with Gasteiger partial charge in [0.1, 0.15) is 11.3 Å². The first-order chi connectivity index (χ1) is 18.3. The number of aliphatic imine (C=N–C) groups is 1. The summed E-state index contributed by atoms with van der Waals surface area (Å²) in [4.78, 5) is 44.6. The third-order valence-corrected chi connectivity index (χ3v) is 7.68. The minimum Gasteiger partial charge on any atom is -0.438 e. The number of ketones is 1. The van der Waals surface area contributed by atoms with E-state index in [1.807, 2.05) is 43.3 Å². The second kappa shape index (κ2) is 9.16. The minimum atomic E-state index is -0.656. The summed E-state index contributed by atoms with van der Waals surface area (Å²) in [5, 5.41) is 2.80. The van der Waals surface area contributed by atoms with Crippen LogP contribution in [-0.2, 0) is 17.4 Å². The fraction of sp³-hybridized carbons (Fsp3) is 0.310. The molecular formula is C29H28N4O5. The zero-order valence-electron chi connectivity index (χ0n) is 21.3. The van der Waals surface area contributed by atoms with Crippen LogP contribution in [0.1, 0.15) is 47.2 Å². The van der Waals surface area contributed by atoms with Gasteiger partial charge in [0.25, 0.3) is 0 Å². The summed E-state index contributed by atoms with van der Waals surface area (Å²) in [7, 11) is 1.65. The van der Waals surface area contributed by atoms with E-state index in [1.54, 1.807) is 25.4 Å². The number of hydrogen-bond donors (Lipinski definition) is 1. The van der Waals surface area contributed by atoms with Crippen LogP contribution in [-0.4, -0.2) is 40.1 Å². The van der Waals surface area contributed by atoms with Crippen LogP contribution in [0.2, 0.25) is 0 Å². The number of amides is 1. The first-order valence-electron chi connectivity index (χ1n) is 12.8. The Morgan fingerprint density at radius 2 is 1.92 bits per heavy atom. The molecule has 2 aromatic carbocycles. The van der Waals surface area contributed by atoms with Gasteiger partial charge < -0.3 is 14.1 Å². The van der Waals surface area contributed by atoms with Gasteiger partial charge in [0.05, 0.1) is 11.2 Å². The van der Waals surface area contributed by atoms with Crippen LogP contribution in [0, 0.1) is 6.92 Å². The number of anilines is 1. The number of likely N-dealkylation sites (tertiary alicyclic amines) is 1. The molecule has 1 aromatic heterocycles. The molecule has 0 unspecified atom stereocenters. The van der Waals surface area contributed by atoms with E-state index in [9.17, 15) is 14.4 Å². The molecule has 3 aliphatic heterocycles. The van der Waals surface area contributed by atoms with Crippen LogP contribution in [0.15, 0.2) is 74.7 Å². The monoisotopic (exact) mass is 512 g/mol. The van der Waals surface area contributed by atoms with Crippen molar-refractivity contribution in [3.63, 3.8) is 0 Å². The Bertz CT molecular complexity index is 1620. The average Bonchev–Trinajstić information content (AvgIpc) is 3.18. The average molecular weight is 513 g/mol. The number of Topliss-reactive ketones (excluding diaryl/α,β-unsaturated/α-hetero) is 1. The molecule has 9 heteroatoms. The summed E-state index contributed by atoms with van der Waals surface area (Å²) in [5.74, 6) is -0.703. The molecule has 38 heavy (non-hydrogen) atoms. The Morgan fingerprint density at radius 1 is 1.13 bits per heavy atom. The summed E-state index contributed by atoms with van der Waals surface area (Å²) in [5.41, 5.74) is 4.75. The van der Waals surface area contributed by atoms with Crippen molar-refractivity contribution >= 4 is 34.4 Å². The molecule has 3 aromatic rings. The smallest absolute Gasteiger partial charge is 0.419 e. The van der Waals surface area contributed by atoms with Crippen molar-refractivity contribution in [2.24, 2.45) is 12.0 Å². The molecule has 0 atom stereocenters. The number of hydrogen-bond acceptors (Lipinski definition) is 7. The van der Waals surface area contributed by atoms with Crippen LogP contribution in [0.5, 0.6) is 0 Å². The number of nitrogens with zero attached hydrogens (tertiary/aromatic N) is 3. The lowest BCUT2D eigenvalue weighted by Crippen LogP contribution is -2.48. The van der Waals surface area contributed by atoms with Gasteiger partial charge in [-0.05, 0) is 49.6 Å². The molecule has 1 fully saturated rings. The van der Waals surface area contributed by atoms with Crippen molar-refractivity contribution < 1.29 is 18.7 Å². The number of oxazole rings is 1. The Kier molecular flexibility index (Phi) is 5.78. The molecule has 1 N–H and O–H groups in total. The van der Waals surface area contributed by atoms with Gasteiger partial charge in [-0.3, -0.25) is 19.7 Å². The molecule has 4 heterocycles. The Balaban J connectivity index is 1.27. The number of carbonyl (C=O) groups excluding carboxylic acids is 2. The van der Waals surface area contributed by atoms with E-state index in [4.69, 9.17) is 9.15 Å². The highest BCUT2D eigenvalue weighted by Gasteiger charge is 2.44. The van der Waals surface area contributed by atoms with Crippen LogP contribution in [0.25, 0.3) is 11.1 Å². The molecule has 0 aliphatic carbocycles. The highest BCUT2D eigenvalue weighted by atomic mass is 16.6. The zero-order valence-corrected chi connectivity index (χ0v) is 21.3. The zero-order chi connectivity index (χ0) is 26.4. The third-order valence-electron chi connectivity index (χ3n) is 7.68. The van der Waals surface area contributed by atoms with Gasteiger partial charge in [0.15, 0.2) is 5.58 Å². The Hall–Kier alpha value is -4.40. The standard InChI is InChI=1S/C29H28N4O5/c1-18-15-19(16-24-25(18)32(2)28(36)37-24)26(34)23-17-20(7-5-6-12-30-23)33-13-10-29(11-14-33)21-8-3-4-9-22(21)31-27(35)38-29/h3-4,6,8-9,12,15-17H,5,7,10-11,13-14H2,1-2H3,(H,31,35)/b12-6-,20-17+,30-23+. The molecular weight excluding hydrogens is 484 g/mol. The van der Waals surface area contributed by atoms with E-state index >= 15 is 0 Å². The highest BCUT2D eigenvalue weighted by molar-refractivity contribution is 6.50. The minimum absolute atomic E-state index is 0.236. The van der Waals surface area contributed by atoms with Crippen molar-refractivity contribution in [3.8, 4) is 0 Å². The lowest BCUT2D eigenvalue weighted by Gasteiger charge is -2.45. The molecule has 0 radical (unpaired) electrons. The number of aryl methyl sites for hydroxylation is 2. The number of piperidine rings is 1. The number of ether oxygens (including phenoxy) is 1. The topological polar surface area (TPSA) is 106 Å².